The monoisotopic (exact) mass is 151 g/mol. The lowest BCUT2D eigenvalue weighted by molar-refractivity contribution is -0.133. The molecule has 0 aliphatic rings. The molecule has 0 fully saturated rings. The quantitative estimate of drug-likeness (QED) is 0.174. The zero-order valence-corrected chi connectivity index (χ0v) is 5.14. The Morgan fingerprint density at radius 2 is 2.11 bits per heavy atom. The number of carbonyl (C=O) groups is 1. The van der Waals surface area contributed by atoms with Crippen molar-refractivity contribution in [3.63, 3.8) is 0 Å². The molecule has 6 heteroatoms. The van der Waals surface area contributed by atoms with Gasteiger partial charge in [-0.1, -0.05) is 11.6 Å². The van der Waals surface area contributed by atoms with E-state index in [0.29, 0.717) is 0 Å². The number of hydrogen-bond acceptors (Lipinski definition) is 4. The molecule has 0 bridgehead atoms. The maximum Gasteiger partial charge on any atom is 0.356 e. The summed E-state index contributed by atoms with van der Waals surface area (Å²) in [6.45, 7) is 0. The molecule has 0 heterocycles. The molecule has 9 heavy (non-hydrogen) atoms. The van der Waals surface area contributed by atoms with Gasteiger partial charge in [0.15, 0.2) is 5.70 Å². The van der Waals surface area contributed by atoms with Gasteiger partial charge in [-0.25, -0.2) is 4.79 Å². The van der Waals surface area contributed by atoms with E-state index in [1.807, 2.05) is 5.43 Å². The third-order valence-corrected chi connectivity index (χ3v) is 0.786. The predicted molar refractivity (Wildman–Crippen MR) is 32.0 cm³/mol. The molecule has 0 saturated carbocycles. The number of carboxylic acids is 1. The van der Waals surface area contributed by atoms with Crippen molar-refractivity contribution < 1.29 is 9.90 Å². The molecular weight excluding hydrogens is 146 g/mol. The summed E-state index contributed by atoms with van der Waals surface area (Å²) in [7, 11) is 0. The molecule has 6 N–H and O–H groups in total. The van der Waals surface area contributed by atoms with Crippen LogP contribution in [0.1, 0.15) is 0 Å². The lowest BCUT2D eigenvalue weighted by Gasteiger charge is -1.98. The van der Waals surface area contributed by atoms with Crippen LogP contribution in [0.5, 0.6) is 0 Å². The van der Waals surface area contributed by atoms with Crippen LogP contribution in [0.3, 0.4) is 0 Å². The molecule has 0 aromatic heterocycles. The van der Waals surface area contributed by atoms with Gasteiger partial charge in [0, 0.05) is 0 Å². The summed E-state index contributed by atoms with van der Waals surface area (Å²) in [5, 5.41) is 7.81. The van der Waals surface area contributed by atoms with E-state index >= 15 is 0 Å². The number of hydrazine groups is 1. The third kappa shape index (κ3) is 2.20. The Kier molecular flexibility index (Phi) is 2.83. The highest BCUT2D eigenvalue weighted by molar-refractivity contribution is 6.30. The third-order valence-electron chi connectivity index (χ3n) is 0.597. The van der Waals surface area contributed by atoms with Crippen molar-refractivity contribution in [2.75, 3.05) is 0 Å². The lowest BCUT2D eigenvalue weighted by Crippen LogP contribution is -2.28. The van der Waals surface area contributed by atoms with E-state index < -0.39 is 11.7 Å². The second-order valence-electron chi connectivity index (χ2n) is 1.17. The van der Waals surface area contributed by atoms with Crippen molar-refractivity contribution in [2.45, 2.75) is 0 Å². The highest BCUT2D eigenvalue weighted by Crippen LogP contribution is 1.96. The molecule has 0 unspecified atom stereocenters. The Hall–Kier alpha value is -0.940. The van der Waals surface area contributed by atoms with Gasteiger partial charge in [0.25, 0.3) is 0 Å². The van der Waals surface area contributed by atoms with Gasteiger partial charge >= 0.3 is 5.97 Å². The normalized spacial score (nSPS) is 12.2. The SMILES string of the molecule is NN/C(C(=O)O)=C(\N)Cl. The highest BCUT2D eigenvalue weighted by Gasteiger charge is 2.07. The van der Waals surface area contributed by atoms with Gasteiger partial charge in [-0.05, 0) is 0 Å². The van der Waals surface area contributed by atoms with Gasteiger partial charge < -0.3 is 16.3 Å². The molecule has 0 rings (SSSR count). The smallest absolute Gasteiger partial charge is 0.356 e. The van der Waals surface area contributed by atoms with Crippen LogP contribution in [-0.2, 0) is 4.79 Å². The molecule has 0 spiro atoms. The second-order valence-corrected chi connectivity index (χ2v) is 1.58. The predicted octanol–water partition coefficient (Wildman–Crippen LogP) is -1.10. The Labute approximate surface area is 56.2 Å². The lowest BCUT2D eigenvalue weighted by atomic mass is 10.5. The van der Waals surface area contributed by atoms with Gasteiger partial charge in [0.1, 0.15) is 5.16 Å². The van der Waals surface area contributed by atoms with Crippen LogP contribution in [0.25, 0.3) is 0 Å². The van der Waals surface area contributed by atoms with Crippen molar-refractivity contribution in [1.29, 1.82) is 0 Å². The fourth-order valence-corrected chi connectivity index (χ4v) is 0.368. The minimum absolute atomic E-state index is 0.370. The molecule has 5 nitrogen and oxygen atoms in total. The van der Waals surface area contributed by atoms with E-state index in [2.05, 4.69) is 0 Å². The van der Waals surface area contributed by atoms with Gasteiger partial charge in [-0.2, -0.15) is 0 Å². The molecule has 0 aliphatic heterocycles. The number of hydrogen-bond donors (Lipinski definition) is 4. The average molecular weight is 152 g/mol. The van der Waals surface area contributed by atoms with Crippen LogP contribution >= 0.6 is 11.6 Å². The van der Waals surface area contributed by atoms with E-state index in [4.69, 9.17) is 28.3 Å². The summed E-state index contributed by atoms with van der Waals surface area (Å²) in [4.78, 5) is 10.0. The second kappa shape index (κ2) is 3.16. The van der Waals surface area contributed by atoms with Crippen LogP contribution in [-0.4, -0.2) is 11.1 Å². The van der Waals surface area contributed by atoms with Gasteiger partial charge in [-0.3, -0.25) is 5.84 Å². The first-order chi connectivity index (χ1) is 4.09. The van der Waals surface area contributed by atoms with Crippen LogP contribution in [0.15, 0.2) is 10.9 Å². The summed E-state index contributed by atoms with van der Waals surface area (Å²) in [5.41, 5.74) is 6.29. The topological polar surface area (TPSA) is 101 Å². The fraction of sp³-hybridized carbons (Fsp3) is 0. The van der Waals surface area contributed by atoms with Crippen molar-refractivity contribution in [1.82, 2.24) is 5.43 Å². The Morgan fingerprint density at radius 1 is 1.67 bits per heavy atom. The minimum Gasteiger partial charge on any atom is -0.476 e. The van der Waals surface area contributed by atoms with E-state index in [-0.39, 0.29) is 5.16 Å². The highest BCUT2D eigenvalue weighted by atomic mass is 35.5. The molecule has 0 saturated heterocycles. The van der Waals surface area contributed by atoms with Crippen molar-refractivity contribution in [3.05, 3.63) is 10.9 Å². The number of aliphatic carboxylic acids is 1. The number of carboxylic acid groups (broad SMARTS) is 1. The molecular formula is C3H6ClN3O2. The first-order valence-electron chi connectivity index (χ1n) is 1.94. The molecule has 0 atom stereocenters. The summed E-state index contributed by atoms with van der Waals surface area (Å²) in [5.74, 6) is 3.43. The fourth-order valence-electron chi connectivity index (χ4n) is 0.233. The summed E-state index contributed by atoms with van der Waals surface area (Å²) < 4.78 is 0. The standard InChI is InChI=1S/C3H6ClN3O2/c4-2(5)1(7-6)3(8)9/h7H,5-6H2,(H,8,9)/b2-1-. The number of nitrogens with two attached hydrogens (primary N) is 2. The maximum absolute atomic E-state index is 10.0. The van der Waals surface area contributed by atoms with Gasteiger partial charge in [0.2, 0.25) is 0 Å². The number of nitrogens with one attached hydrogen (secondary N) is 1. The summed E-state index contributed by atoms with van der Waals surface area (Å²) in [6.07, 6.45) is 0. The molecule has 0 aromatic rings. The van der Waals surface area contributed by atoms with E-state index in [9.17, 15) is 4.79 Å². The number of halogens is 1. The van der Waals surface area contributed by atoms with Crippen LogP contribution in [0.2, 0.25) is 0 Å². The molecule has 0 radical (unpaired) electrons. The van der Waals surface area contributed by atoms with Crippen molar-refractivity contribution in [3.8, 4) is 0 Å². The van der Waals surface area contributed by atoms with Crippen LogP contribution < -0.4 is 17.0 Å². The maximum atomic E-state index is 10.0. The Bertz CT molecular complexity index is 151. The Morgan fingerprint density at radius 3 is 2.11 bits per heavy atom. The summed E-state index contributed by atoms with van der Waals surface area (Å²) >= 11 is 5.07. The number of rotatable bonds is 2. The van der Waals surface area contributed by atoms with E-state index in [0.717, 1.165) is 0 Å². The van der Waals surface area contributed by atoms with E-state index in [1.165, 1.54) is 0 Å². The van der Waals surface area contributed by atoms with Crippen LogP contribution in [0, 0.1) is 0 Å². The average Bonchev–Trinajstić information content (AvgIpc) is 1.64. The first-order valence-corrected chi connectivity index (χ1v) is 2.32. The zero-order chi connectivity index (χ0) is 7.44. The molecule has 0 aliphatic carbocycles. The van der Waals surface area contributed by atoms with Crippen molar-refractivity contribution >= 4 is 17.6 Å². The molecule has 52 valence electrons. The van der Waals surface area contributed by atoms with Gasteiger partial charge in [0.05, 0.1) is 0 Å². The van der Waals surface area contributed by atoms with Crippen LogP contribution in [0.4, 0.5) is 0 Å². The first kappa shape index (κ1) is 8.06. The largest absolute Gasteiger partial charge is 0.476 e. The van der Waals surface area contributed by atoms with Gasteiger partial charge in [-0.15, -0.1) is 0 Å². The zero-order valence-electron chi connectivity index (χ0n) is 4.39. The van der Waals surface area contributed by atoms with Crippen molar-refractivity contribution in [2.24, 2.45) is 11.6 Å². The molecule has 0 amide bonds. The molecule has 0 aromatic carbocycles. The minimum atomic E-state index is -1.29. The van der Waals surface area contributed by atoms with E-state index in [1.54, 1.807) is 0 Å². The Balaban J connectivity index is 4.35. The summed E-state index contributed by atoms with van der Waals surface area (Å²) in [6, 6.07) is 0.